The average Bonchev–Trinajstić information content (AvgIpc) is 3.37. The van der Waals surface area contributed by atoms with Crippen LogP contribution in [0.15, 0.2) is 18.2 Å². The molecule has 1 aliphatic rings. The van der Waals surface area contributed by atoms with Crippen molar-refractivity contribution in [3.05, 3.63) is 23.8 Å². The highest BCUT2D eigenvalue weighted by Crippen LogP contribution is 2.33. The van der Waals surface area contributed by atoms with Crippen LogP contribution in [0.5, 0.6) is 11.5 Å². The molecule has 0 radical (unpaired) electrons. The monoisotopic (exact) mass is 371 g/mol. The third kappa shape index (κ3) is 5.09. The van der Waals surface area contributed by atoms with Crippen LogP contribution in [0.3, 0.4) is 0 Å². The molecule has 1 saturated carbocycles. The second kappa shape index (κ2) is 8.05. The van der Waals surface area contributed by atoms with Gasteiger partial charge in [-0.25, -0.2) is 0 Å². The summed E-state index contributed by atoms with van der Waals surface area (Å²) in [6.07, 6.45) is 1.94. The summed E-state index contributed by atoms with van der Waals surface area (Å²) < 4.78 is 39.4. The molecule has 25 heavy (non-hydrogen) atoms. The molecule has 0 saturated heterocycles. The van der Waals surface area contributed by atoms with E-state index in [9.17, 15) is 13.2 Å². The van der Waals surface area contributed by atoms with E-state index in [1.54, 1.807) is 36.9 Å². The van der Waals surface area contributed by atoms with Crippen LogP contribution in [0.25, 0.3) is 0 Å². The second-order valence-electron chi connectivity index (χ2n) is 6.30. The van der Waals surface area contributed by atoms with Crippen molar-refractivity contribution in [2.45, 2.75) is 44.5 Å². The number of rotatable bonds is 9. The number of methoxy groups -OCH3 is 2. The molecule has 2 rings (SSSR count). The molecule has 0 N–H and O–H groups in total. The molecule has 1 aliphatic carbocycles. The van der Waals surface area contributed by atoms with Gasteiger partial charge in [0.05, 0.1) is 12.4 Å². The van der Waals surface area contributed by atoms with Gasteiger partial charge in [0.15, 0.2) is 11.5 Å². The highest BCUT2D eigenvalue weighted by molar-refractivity contribution is 7.87. The first-order valence-corrected chi connectivity index (χ1v) is 9.64. The maximum absolute atomic E-state index is 12.2. The van der Waals surface area contributed by atoms with E-state index >= 15 is 0 Å². The average molecular weight is 371 g/mol. The normalized spacial score (nSPS) is 14.4. The quantitative estimate of drug-likeness (QED) is 0.617. The van der Waals surface area contributed by atoms with Crippen LogP contribution in [0, 0.1) is 0 Å². The van der Waals surface area contributed by atoms with Gasteiger partial charge in [-0.1, -0.05) is 6.07 Å². The van der Waals surface area contributed by atoms with E-state index in [4.69, 9.17) is 13.7 Å². The summed E-state index contributed by atoms with van der Waals surface area (Å²) in [7, 11) is -0.806. The lowest BCUT2D eigenvalue weighted by Crippen LogP contribution is -2.35. The van der Waals surface area contributed by atoms with Gasteiger partial charge < -0.3 is 18.6 Å². The molecule has 1 aromatic carbocycles. The van der Waals surface area contributed by atoms with E-state index in [-0.39, 0.29) is 24.3 Å². The van der Waals surface area contributed by atoms with Crippen molar-refractivity contribution in [2.24, 2.45) is 0 Å². The molecule has 1 fully saturated rings. The molecule has 0 aliphatic heterocycles. The number of amides is 1. The van der Waals surface area contributed by atoms with Gasteiger partial charge in [0.2, 0.25) is 5.91 Å². The Morgan fingerprint density at radius 1 is 1.24 bits per heavy atom. The molecular weight excluding hydrogens is 346 g/mol. The van der Waals surface area contributed by atoms with Crippen molar-refractivity contribution in [3.63, 3.8) is 0 Å². The molecule has 0 bridgehead atoms. The molecule has 0 aromatic heterocycles. The zero-order valence-corrected chi connectivity index (χ0v) is 15.8. The molecule has 7 nitrogen and oxygen atoms in total. The second-order valence-corrected chi connectivity index (χ2v) is 8.39. The minimum Gasteiger partial charge on any atom is -0.493 e. The molecule has 140 valence electrons. The van der Waals surface area contributed by atoms with Gasteiger partial charge in [0, 0.05) is 19.7 Å². The van der Waals surface area contributed by atoms with Crippen LogP contribution in [0.4, 0.5) is 0 Å². The Bertz CT molecular complexity index is 712. The summed E-state index contributed by atoms with van der Waals surface area (Å²) in [4.78, 5) is 14.0. The van der Waals surface area contributed by atoms with Crippen LogP contribution >= 0.6 is 0 Å². The number of hydrogen-bond acceptors (Lipinski definition) is 6. The maximum atomic E-state index is 12.2. The summed E-state index contributed by atoms with van der Waals surface area (Å²) in [6, 6.07) is 5.26. The van der Waals surface area contributed by atoms with Crippen molar-refractivity contribution in [2.75, 3.05) is 20.8 Å². The Kier molecular flexibility index (Phi) is 6.29. The Balaban J connectivity index is 2.24. The Hall–Kier alpha value is -1.80. The third-order valence-corrected chi connectivity index (χ3v) is 5.51. The zero-order valence-electron chi connectivity index (χ0n) is 15.0. The van der Waals surface area contributed by atoms with Crippen molar-refractivity contribution >= 4 is 16.0 Å². The first-order chi connectivity index (χ1) is 11.8. The molecule has 0 atom stereocenters. The van der Waals surface area contributed by atoms with Crippen LogP contribution in [-0.2, 0) is 26.2 Å². The molecule has 1 amide bonds. The zero-order chi connectivity index (χ0) is 18.6. The number of nitrogens with zero attached hydrogens (tertiary/aromatic N) is 1. The molecular formula is C17H25NO6S. The Morgan fingerprint density at radius 3 is 2.44 bits per heavy atom. The first kappa shape index (κ1) is 19.5. The van der Waals surface area contributed by atoms with Crippen molar-refractivity contribution < 1.29 is 26.9 Å². The van der Waals surface area contributed by atoms with Gasteiger partial charge in [-0.2, -0.15) is 8.42 Å². The fourth-order valence-electron chi connectivity index (χ4n) is 2.32. The largest absolute Gasteiger partial charge is 0.493 e. The number of carbonyl (C=O) groups is 1. The highest BCUT2D eigenvalue weighted by Gasteiger charge is 2.32. The minimum atomic E-state index is -3.74. The molecule has 0 unspecified atom stereocenters. The summed E-state index contributed by atoms with van der Waals surface area (Å²) in [6.45, 7) is 3.49. The van der Waals surface area contributed by atoms with Gasteiger partial charge in [-0.3, -0.25) is 4.79 Å². The van der Waals surface area contributed by atoms with Gasteiger partial charge in [0.1, 0.15) is 6.61 Å². The van der Waals surface area contributed by atoms with Gasteiger partial charge >= 0.3 is 10.1 Å². The maximum Gasteiger partial charge on any atom is 0.311 e. The van der Waals surface area contributed by atoms with E-state index in [0.29, 0.717) is 12.3 Å². The van der Waals surface area contributed by atoms with Gasteiger partial charge in [-0.15, -0.1) is 0 Å². The summed E-state index contributed by atoms with van der Waals surface area (Å²) in [5, 5.41) is -0.674. The lowest BCUT2D eigenvalue weighted by molar-refractivity contribution is -0.136. The summed E-state index contributed by atoms with van der Waals surface area (Å²) in [5.41, 5.74) is 0.770. The number of benzene rings is 1. The van der Waals surface area contributed by atoms with Gasteiger partial charge in [-0.05, 0) is 44.4 Å². The fraction of sp³-hybridized carbons (Fsp3) is 0.588. The molecule has 0 spiro atoms. The van der Waals surface area contributed by atoms with Crippen LogP contribution in [0.2, 0.25) is 0 Å². The highest BCUT2D eigenvalue weighted by atomic mass is 32.2. The number of ether oxygens (including phenoxy) is 2. The predicted molar refractivity (Wildman–Crippen MR) is 93.1 cm³/mol. The smallest absolute Gasteiger partial charge is 0.311 e. The predicted octanol–water partition coefficient (Wildman–Crippen LogP) is 1.95. The molecule has 8 heteroatoms. The minimum absolute atomic E-state index is 0.0255. The summed E-state index contributed by atoms with van der Waals surface area (Å²) in [5.74, 6) is 0.371. The van der Waals surface area contributed by atoms with E-state index < -0.39 is 15.4 Å². The molecule has 0 heterocycles. The van der Waals surface area contributed by atoms with E-state index in [0.717, 1.165) is 18.4 Å². The molecule has 1 aromatic rings. The topological polar surface area (TPSA) is 82.1 Å². The number of carbonyl (C=O) groups excluding carboxylic acids is 1. The fourth-order valence-corrected chi connectivity index (χ4v) is 2.89. The number of hydrogen-bond donors (Lipinski definition) is 0. The van der Waals surface area contributed by atoms with E-state index in [2.05, 4.69) is 0 Å². The van der Waals surface area contributed by atoms with Crippen LogP contribution in [-0.4, -0.2) is 51.3 Å². The van der Waals surface area contributed by atoms with Crippen molar-refractivity contribution in [1.82, 2.24) is 4.90 Å². The standard InChI is InChI=1S/C17H25NO6S/c1-12(2)25(20,21)24-16-9-13(5-8-15(16)23-4)10-18(14-6-7-14)17(19)11-22-3/h5,8-9,12,14H,6-7,10-11H2,1-4H3. The summed E-state index contributed by atoms with van der Waals surface area (Å²) >= 11 is 0. The lowest BCUT2D eigenvalue weighted by atomic mass is 10.2. The Morgan fingerprint density at radius 2 is 1.92 bits per heavy atom. The third-order valence-electron chi connectivity index (χ3n) is 3.94. The van der Waals surface area contributed by atoms with Crippen LogP contribution in [0.1, 0.15) is 32.3 Å². The van der Waals surface area contributed by atoms with Gasteiger partial charge in [0.25, 0.3) is 0 Å². The van der Waals surface area contributed by atoms with Crippen molar-refractivity contribution in [3.8, 4) is 11.5 Å². The van der Waals surface area contributed by atoms with Crippen molar-refractivity contribution in [1.29, 1.82) is 0 Å². The van der Waals surface area contributed by atoms with Crippen LogP contribution < -0.4 is 8.92 Å². The SMILES string of the molecule is COCC(=O)N(Cc1ccc(OC)c(OS(=O)(=O)C(C)C)c1)C1CC1. The lowest BCUT2D eigenvalue weighted by Gasteiger charge is -2.23. The van der Waals surface area contributed by atoms with E-state index in [1.807, 2.05) is 0 Å². The first-order valence-electron chi connectivity index (χ1n) is 8.17. The Labute approximate surface area is 149 Å². The van der Waals surface area contributed by atoms with E-state index in [1.165, 1.54) is 14.2 Å².